The topological polar surface area (TPSA) is 62.1 Å². The summed E-state index contributed by atoms with van der Waals surface area (Å²) in [5.74, 6) is 0.679. The van der Waals surface area contributed by atoms with E-state index in [0.29, 0.717) is 18.0 Å². The van der Waals surface area contributed by atoms with Gasteiger partial charge in [-0.1, -0.05) is 36.8 Å². The molecule has 0 saturated carbocycles. The molecule has 1 N–H and O–H groups in total. The fourth-order valence-electron chi connectivity index (χ4n) is 3.36. The Bertz CT molecular complexity index is 863. The molecule has 122 valence electrons. The Balaban J connectivity index is 1.89. The fourth-order valence-corrected chi connectivity index (χ4v) is 3.36. The number of furan rings is 1. The standard InChI is InChI=1S/C19H19N3O2/c1-3-10-22-18(13-8-6-12(2)7-9-13)15-16(14-5-4-11-24-14)20-21-17(15)19(22)23/h4-9,11,18H,3,10H2,1-2H3,(H,20,21). The van der Waals surface area contributed by atoms with Gasteiger partial charge in [0.1, 0.15) is 5.69 Å². The van der Waals surface area contributed by atoms with Crippen LogP contribution in [-0.2, 0) is 0 Å². The summed E-state index contributed by atoms with van der Waals surface area (Å²) in [4.78, 5) is 14.7. The lowest BCUT2D eigenvalue weighted by molar-refractivity contribution is 0.0744. The zero-order valence-electron chi connectivity index (χ0n) is 13.7. The number of hydrogen-bond donors (Lipinski definition) is 1. The van der Waals surface area contributed by atoms with Crippen LogP contribution in [0.15, 0.2) is 47.1 Å². The second kappa shape index (κ2) is 5.67. The first-order valence-electron chi connectivity index (χ1n) is 8.20. The Labute approximate surface area is 140 Å². The number of aromatic amines is 1. The number of H-pyrrole nitrogens is 1. The summed E-state index contributed by atoms with van der Waals surface area (Å²) in [5, 5.41) is 7.27. The van der Waals surface area contributed by atoms with Crippen molar-refractivity contribution in [2.24, 2.45) is 0 Å². The van der Waals surface area contributed by atoms with Crippen LogP contribution in [0.2, 0.25) is 0 Å². The number of nitrogens with one attached hydrogen (secondary N) is 1. The van der Waals surface area contributed by atoms with Crippen LogP contribution in [0, 0.1) is 6.92 Å². The maximum absolute atomic E-state index is 12.8. The minimum atomic E-state index is -0.133. The van der Waals surface area contributed by atoms with E-state index < -0.39 is 0 Å². The third-order valence-electron chi connectivity index (χ3n) is 4.48. The van der Waals surface area contributed by atoms with Crippen molar-refractivity contribution in [2.45, 2.75) is 26.3 Å². The highest BCUT2D eigenvalue weighted by atomic mass is 16.3. The number of rotatable bonds is 4. The van der Waals surface area contributed by atoms with Crippen molar-refractivity contribution < 1.29 is 9.21 Å². The molecule has 5 heteroatoms. The summed E-state index contributed by atoms with van der Waals surface area (Å²) >= 11 is 0. The van der Waals surface area contributed by atoms with Crippen LogP contribution >= 0.6 is 0 Å². The van der Waals surface area contributed by atoms with Crippen molar-refractivity contribution in [3.8, 4) is 11.5 Å². The largest absolute Gasteiger partial charge is 0.463 e. The number of hydrogen-bond acceptors (Lipinski definition) is 3. The summed E-state index contributed by atoms with van der Waals surface area (Å²) in [6, 6.07) is 11.9. The van der Waals surface area contributed by atoms with Crippen molar-refractivity contribution in [1.29, 1.82) is 0 Å². The van der Waals surface area contributed by atoms with Crippen LogP contribution in [0.4, 0.5) is 0 Å². The minimum Gasteiger partial charge on any atom is -0.463 e. The van der Waals surface area contributed by atoms with Crippen LogP contribution in [0.5, 0.6) is 0 Å². The first-order valence-corrected chi connectivity index (χ1v) is 8.20. The van der Waals surface area contributed by atoms with Crippen molar-refractivity contribution in [1.82, 2.24) is 15.1 Å². The first kappa shape index (κ1) is 14.8. The normalized spacial score (nSPS) is 16.7. The molecule has 5 nitrogen and oxygen atoms in total. The zero-order valence-corrected chi connectivity index (χ0v) is 13.7. The second-order valence-electron chi connectivity index (χ2n) is 6.15. The summed E-state index contributed by atoms with van der Waals surface area (Å²) in [7, 11) is 0. The molecule has 0 saturated heterocycles. The van der Waals surface area contributed by atoms with Gasteiger partial charge in [0.15, 0.2) is 11.5 Å². The molecule has 1 aromatic carbocycles. The number of fused-ring (bicyclic) bond motifs is 1. The third kappa shape index (κ3) is 2.16. The number of nitrogens with zero attached hydrogens (tertiary/aromatic N) is 2. The quantitative estimate of drug-likeness (QED) is 0.792. The van der Waals surface area contributed by atoms with Crippen molar-refractivity contribution >= 4 is 5.91 Å². The molecule has 3 aromatic rings. The smallest absolute Gasteiger partial charge is 0.275 e. The lowest BCUT2D eigenvalue weighted by atomic mass is 9.97. The van der Waals surface area contributed by atoms with E-state index in [1.54, 1.807) is 6.26 Å². The average Bonchev–Trinajstić information content (AvgIpc) is 3.28. The van der Waals surface area contributed by atoms with Gasteiger partial charge in [-0.2, -0.15) is 5.10 Å². The molecule has 0 aliphatic carbocycles. The van der Waals surface area contributed by atoms with Gasteiger partial charge >= 0.3 is 0 Å². The van der Waals surface area contributed by atoms with Crippen LogP contribution in [0.1, 0.15) is 46.6 Å². The summed E-state index contributed by atoms with van der Waals surface area (Å²) in [6.45, 7) is 4.84. The molecule has 1 atom stereocenters. The highest BCUT2D eigenvalue weighted by Crippen LogP contribution is 2.42. The van der Waals surface area contributed by atoms with E-state index in [1.807, 2.05) is 17.0 Å². The summed E-state index contributed by atoms with van der Waals surface area (Å²) < 4.78 is 5.54. The van der Waals surface area contributed by atoms with Crippen molar-refractivity contribution in [3.63, 3.8) is 0 Å². The Hall–Kier alpha value is -2.82. The average molecular weight is 321 g/mol. The number of carbonyl (C=O) groups excluding carboxylic acids is 1. The predicted molar refractivity (Wildman–Crippen MR) is 90.6 cm³/mol. The van der Waals surface area contributed by atoms with E-state index in [-0.39, 0.29) is 11.9 Å². The molecular weight excluding hydrogens is 302 g/mol. The second-order valence-corrected chi connectivity index (χ2v) is 6.15. The third-order valence-corrected chi connectivity index (χ3v) is 4.48. The van der Waals surface area contributed by atoms with Gasteiger partial charge in [-0.05, 0) is 31.0 Å². The lowest BCUT2D eigenvalue weighted by Crippen LogP contribution is -2.30. The fraction of sp³-hybridized carbons (Fsp3) is 0.263. The predicted octanol–water partition coefficient (Wildman–Crippen LogP) is 3.93. The van der Waals surface area contributed by atoms with Gasteiger partial charge in [-0.15, -0.1) is 0 Å². The lowest BCUT2D eigenvalue weighted by Gasteiger charge is -2.26. The van der Waals surface area contributed by atoms with E-state index in [2.05, 4.69) is 48.3 Å². The summed E-state index contributed by atoms with van der Waals surface area (Å²) in [6.07, 6.45) is 2.53. The molecule has 1 aliphatic rings. The van der Waals surface area contributed by atoms with Gasteiger partial charge in [0.25, 0.3) is 5.91 Å². The van der Waals surface area contributed by atoms with E-state index in [0.717, 1.165) is 23.2 Å². The van der Waals surface area contributed by atoms with Crippen LogP contribution in [0.25, 0.3) is 11.5 Å². The van der Waals surface area contributed by atoms with Crippen molar-refractivity contribution in [2.75, 3.05) is 6.54 Å². The number of amides is 1. The number of benzene rings is 1. The van der Waals surface area contributed by atoms with Crippen LogP contribution in [0.3, 0.4) is 0 Å². The molecule has 1 unspecified atom stereocenters. The maximum atomic E-state index is 12.8. The van der Waals surface area contributed by atoms with E-state index in [9.17, 15) is 4.79 Å². The Morgan fingerprint density at radius 2 is 2.04 bits per heavy atom. The van der Waals surface area contributed by atoms with E-state index in [1.165, 1.54) is 5.56 Å². The van der Waals surface area contributed by atoms with Gasteiger partial charge in [-0.25, -0.2) is 0 Å². The van der Waals surface area contributed by atoms with Gasteiger partial charge in [0.2, 0.25) is 0 Å². The van der Waals surface area contributed by atoms with E-state index in [4.69, 9.17) is 4.42 Å². The Kier molecular flexibility index (Phi) is 3.49. The van der Waals surface area contributed by atoms with Crippen LogP contribution in [-0.4, -0.2) is 27.5 Å². The molecule has 0 spiro atoms. The number of carbonyl (C=O) groups is 1. The molecule has 3 heterocycles. The Morgan fingerprint density at radius 3 is 2.71 bits per heavy atom. The van der Waals surface area contributed by atoms with Crippen molar-refractivity contribution in [3.05, 3.63) is 65.0 Å². The molecule has 2 aromatic heterocycles. The van der Waals surface area contributed by atoms with Gasteiger partial charge < -0.3 is 9.32 Å². The van der Waals surface area contributed by atoms with Gasteiger partial charge in [0.05, 0.1) is 12.3 Å². The summed E-state index contributed by atoms with van der Waals surface area (Å²) in [5.41, 5.74) is 4.49. The van der Waals surface area contributed by atoms with Gasteiger partial charge in [0, 0.05) is 12.1 Å². The molecule has 0 bridgehead atoms. The maximum Gasteiger partial charge on any atom is 0.275 e. The Morgan fingerprint density at radius 1 is 1.25 bits per heavy atom. The highest BCUT2D eigenvalue weighted by Gasteiger charge is 2.42. The van der Waals surface area contributed by atoms with Gasteiger partial charge in [-0.3, -0.25) is 9.89 Å². The highest BCUT2D eigenvalue weighted by molar-refractivity contribution is 5.99. The monoisotopic (exact) mass is 321 g/mol. The molecule has 1 aliphatic heterocycles. The zero-order chi connectivity index (χ0) is 16.7. The molecule has 4 rings (SSSR count). The molecule has 1 amide bonds. The molecule has 0 fully saturated rings. The van der Waals surface area contributed by atoms with E-state index >= 15 is 0 Å². The first-order chi connectivity index (χ1) is 11.7. The number of aromatic nitrogens is 2. The minimum absolute atomic E-state index is 0.0218. The molecule has 24 heavy (non-hydrogen) atoms. The molecular formula is C19H19N3O2. The van der Waals surface area contributed by atoms with Crippen LogP contribution < -0.4 is 0 Å². The number of aryl methyl sites for hydroxylation is 1. The molecule has 0 radical (unpaired) electrons. The SMILES string of the molecule is CCCN1C(=O)c2n[nH]c(-c3ccco3)c2C1c1ccc(C)cc1.